The number of ketones is 1. The summed E-state index contributed by atoms with van der Waals surface area (Å²) in [7, 11) is 0. The fraction of sp³-hybridized carbons (Fsp3) is 0.737. The molecule has 1 saturated carbocycles. The molecular weight excluding hydrogens is 244 g/mol. The van der Waals surface area contributed by atoms with Gasteiger partial charge in [-0.1, -0.05) is 63.7 Å². The molecule has 110 valence electrons. The van der Waals surface area contributed by atoms with Gasteiger partial charge in [0.25, 0.3) is 0 Å². The Morgan fingerprint density at radius 2 is 1.70 bits per heavy atom. The van der Waals surface area contributed by atoms with E-state index >= 15 is 0 Å². The zero-order chi connectivity index (χ0) is 13.9. The number of carbonyl (C=O) groups excluding carboxylic acids is 1. The van der Waals surface area contributed by atoms with Gasteiger partial charge in [-0.05, 0) is 42.6 Å². The Morgan fingerprint density at radius 3 is 2.45 bits per heavy atom. The molecule has 3 aliphatic carbocycles. The van der Waals surface area contributed by atoms with E-state index in [0.29, 0.717) is 29.5 Å². The van der Waals surface area contributed by atoms with Crippen molar-refractivity contribution >= 4 is 5.78 Å². The van der Waals surface area contributed by atoms with Gasteiger partial charge in [-0.25, -0.2) is 0 Å². The van der Waals surface area contributed by atoms with Gasteiger partial charge in [0, 0.05) is 5.92 Å². The van der Waals surface area contributed by atoms with Gasteiger partial charge in [-0.15, -0.1) is 0 Å². The summed E-state index contributed by atoms with van der Waals surface area (Å²) in [6.45, 7) is 2.26. The second kappa shape index (κ2) is 6.28. The van der Waals surface area contributed by atoms with E-state index in [9.17, 15) is 4.79 Å². The van der Waals surface area contributed by atoms with Crippen molar-refractivity contribution in [3.8, 4) is 0 Å². The highest BCUT2D eigenvalue weighted by molar-refractivity contribution is 6.00. The highest BCUT2D eigenvalue weighted by Crippen LogP contribution is 2.53. The topological polar surface area (TPSA) is 17.1 Å². The lowest BCUT2D eigenvalue weighted by molar-refractivity contribution is -0.119. The second-order valence-corrected chi connectivity index (χ2v) is 6.98. The van der Waals surface area contributed by atoms with Crippen molar-refractivity contribution in [3.05, 3.63) is 23.8 Å². The summed E-state index contributed by atoms with van der Waals surface area (Å²) in [5.41, 5.74) is 1.17. The fourth-order valence-corrected chi connectivity index (χ4v) is 4.46. The number of rotatable bonds is 8. The summed E-state index contributed by atoms with van der Waals surface area (Å²) in [4.78, 5) is 12.5. The number of hydrogen-bond acceptors (Lipinski definition) is 1. The van der Waals surface area contributed by atoms with E-state index in [0.717, 1.165) is 6.42 Å². The summed E-state index contributed by atoms with van der Waals surface area (Å²) < 4.78 is 0. The zero-order valence-electron chi connectivity index (χ0n) is 12.8. The maximum atomic E-state index is 12.5. The Morgan fingerprint density at radius 1 is 1.00 bits per heavy atom. The van der Waals surface area contributed by atoms with Crippen molar-refractivity contribution < 1.29 is 4.79 Å². The van der Waals surface area contributed by atoms with Gasteiger partial charge in [0.1, 0.15) is 0 Å². The summed E-state index contributed by atoms with van der Waals surface area (Å²) in [6.07, 6.45) is 18.6. The van der Waals surface area contributed by atoms with Gasteiger partial charge >= 0.3 is 0 Å². The van der Waals surface area contributed by atoms with Gasteiger partial charge in [0.2, 0.25) is 0 Å². The molecule has 4 atom stereocenters. The van der Waals surface area contributed by atoms with E-state index in [1.54, 1.807) is 0 Å². The first kappa shape index (κ1) is 14.1. The van der Waals surface area contributed by atoms with E-state index in [4.69, 9.17) is 0 Å². The van der Waals surface area contributed by atoms with Crippen LogP contribution in [0.15, 0.2) is 23.8 Å². The smallest absolute Gasteiger partial charge is 0.162 e. The molecule has 0 unspecified atom stereocenters. The van der Waals surface area contributed by atoms with Crippen LogP contribution >= 0.6 is 0 Å². The average Bonchev–Trinajstić information content (AvgIpc) is 3.12. The second-order valence-electron chi connectivity index (χ2n) is 6.98. The van der Waals surface area contributed by atoms with Gasteiger partial charge in [-0.2, -0.15) is 0 Å². The summed E-state index contributed by atoms with van der Waals surface area (Å²) in [5.74, 6) is 2.65. The lowest BCUT2D eigenvalue weighted by Gasteiger charge is -2.17. The number of carbonyl (C=O) groups is 1. The van der Waals surface area contributed by atoms with E-state index in [1.807, 2.05) is 0 Å². The molecule has 1 heteroatoms. The standard InChI is InChI=1S/C19H28O/c1-2-3-4-5-6-7-8-9-16-13-17-14-10-11-15(12-14)18(17)19(16)20/h10-11,13-15,17-18H,2-9,12H2,1H3/t14-,15+,17-,18+/m0/s1. The highest BCUT2D eigenvalue weighted by atomic mass is 16.1. The summed E-state index contributed by atoms with van der Waals surface area (Å²) in [6, 6.07) is 0. The minimum Gasteiger partial charge on any atom is -0.294 e. The van der Waals surface area contributed by atoms with E-state index < -0.39 is 0 Å². The van der Waals surface area contributed by atoms with Crippen LogP contribution in [0, 0.1) is 23.7 Å². The highest BCUT2D eigenvalue weighted by Gasteiger charge is 2.50. The Hall–Kier alpha value is -0.850. The van der Waals surface area contributed by atoms with Gasteiger partial charge in [-0.3, -0.25) is 4.79 Å². The Labute approximate surface area is 123 Å². The van der Waals surface area contributed by atoms with Crippen molar-refractivity contribution in [1.29, 1.82) is 0 Å². The zero-order valence-corrected chi connectivity index (χ0v) is 12.8. The SMILES string of the molecule is CCCCCCCCCC1=C[C@@H]2[C@H](C1=O)[C@@H]1C=C[C@H]2C1. The summed E-state index contributed by atoms with van der Waals surface area (Å²) >= 11 is 0. The lowest BCUT2D eigenvalue weighted by Crippen LogP contribution is -2.21. The van der Waals surface area contributed by atoms with E-state index in [2.05, 4.69) is 25.2 Å². The maximum absolute atomic E-state index is 12.5. The van der Waals surface area contributed by atoms with Crippen LogP contribution in [0.2, 0.25) is 0 Å². The van der Waals surface area contributed by atoms with Crippen molar-refractivity contribution in [2.75, 3.05) is 0 Å². The fourth-order valence-electron chi connectivity index (χ4n) is 4.46. The molecule has 0 spiro atoms. The number of fused-ring (bicyclic) bond motifs is 5. The van der Waals surface area contributed by atoms with Crippen LogP contribution in [0.1, 0.15) is 64.7 Å². The van der Waals surface area contributed by atoms with Crippen molar-refractivity contribution in [1.82, 2.24) is 0 Å². The molecule has 0 aromatic rings. The molecule has 3 aliphatic rings. The molecule has 20 heavy (non-hydrogen) atoms. The molecule has 1 nitrogen and oxygen atoms in total. The predicted molar refractivity (Wildman–Crippen MR) is 83.4 cm³/mol. The molecule has 0 aliphatic heterocycles. The van der Waals surface area contributed by atoms with Gasteiger partial charge in [0.05, 0.1) is 0 Å². The van der Waals surface area contributed by atoms with Crippen LogP contribution in [0.4, 0.5) is 0 Å². The van der Waals surface area contributed by atoms with Crippen LogP contribution in [0.5, 0.6) is 0 Å². The Kier molecular flexibility index (Phi) is 4.43. The molecule has 0 aromatic heterocycles. The normalized spacial score (nSPS) is 33.9. The van der Waals surface area contributed by atoms with Gasteiger partial charge in [0.15, 0.2) is 5.78 Å². The monoisotopic (exact) mass is 272 g/mol. The number of hydrogen-bond donors (Lipinski definition) is 0. The average molecular weight is 272 g/mol. The molecule has 0 aromatic carbocycles. The largest absolute Gasteiger partial charge is 0.294 e. The molecule has 0 N–H and O–H groups in total. The molecule has 0 saturated heterocycles. The third kappa shape index (κ3) is 2.64. The van der Waals surface area contributed by atoms with Crippen LogP contribution < -0.4 is 0 Å². The predicted octanol–water partition coefficient (Wildman–Crippen LogP) is 5.07. The summed E-state index contributed by atoms with van der Waals surface area (Å²) in [5, 5.41) is 0. The molecular formula is C19H28O. The van der Waals surface area contributed by atoms with Crippen molar-refractivity contribution in [2.24, 2.45) is 23.7 Å². The number of unbranched alkanes of at least 4 members (excludes halogenated alkanes) is 6. The minimum atomic E-state index is 0.338. The quantitative estimate of drug-likeness (QED) is 0.445. The van der Waals surface area contributed by atoms with Crippen LogP contribution in [0.25, 0.3) is 0 Å². The number of allylic oxidation sites excluding steroid dienone is 4. The van der Waals surface area contributed by atoms with Gasteiger partial charge < -0.3 is 0 Å². The lowest BCUT2D eigenvalue weighted by atomic mass is 9.85. The van der Waals surface area contributed by atoms with E-state index in [1.165, 1.54) is 56.9 Å². The van der Waals surface area contributed by atoms with Crippen LogP contribution in [-0.4, -0.2) is 5.78 Å². The molecule has 3 rings (SSSR count). The first-order valence-electron chi connectivity index (χ1n) is 8.74. The first-order valence-corrected chi connectivity index (χ1v) is 8.74. The molecule has 0 heterocycles. The maximum Gasteiger partial charge on any atom is 0.162 e. The van der Waals surface area contributed by atoms with Crippen LogP contribution in [-0.2, 0) is 4.79 Å². The third-order valence-corrected chi connectivity index (χ3v) is 5.58. The minimum absolute atomic E-state index is 0.338. The van der Waals surface area contributed by atoms with Crippen LogP contribution in [0.3, 0.4) is 0 Å². The number of Topliss-reactive ketones (excluding diaryl/α,β-unsaturated/α-hetero) is 1. The molecule has 0 radical (unpaired) electrons. The van der Waals surface area contributed by atoms with Crippen molar-refractivity contribution in [2.45, 2.75) is 64.7 Å². The molecule has 2 bridgehead atoms. The Balaban J connectivity index is 1.39. The van der Waals surface area contributed by atoms with E-state index in [-0.39, 0.29) is 0 Å². The first-order chi connectivity index (χ1) is 9.81. The molecule has 1 fully saturated rings. The van der Waals surface area contributed by atoms with Crippen molar-refractivity contribution in [3.63, 3.8) is 0 Å². The molecule has 0 amide bonds. The third-order valence-electron chi connectivity index (χ3n) is 5.58. The Bertz CT molecular complexity index is 417.